The number of nitrogens with zero attached hydrogens (tertiary/aromatic N) is 1. The predicted octanol–water partition coefficient (Wildman–Crippen LogP) is 4.67. The van der Waals surface area contributed by atoms with Crippen LogP contribution in [-0.2, 0) is 27.3 Å². The van der Waals surface area contributed by atoms with Crippen molar-refractivity contribution < 1.29 is 19.1 Å². The van der Waals surface area contributed by atoms with Crippen molar-refractivity contribution in [3.63, 3.8) is 0 Å². The van der Waals surface area contributed by atoms with E-state index in [-0.39, 0.29) is 17.9 Å². The summed E-state index contributed by atoms with van der Waals surface area (Å²) in [5.41, 5.74) is 2.07. The number of hydrogen-bond donors (Lipinski definition) is 0. The van der Waals surface area contributed by atoms with Crippen LogP contribution in [0.3, 0.4) is 0 Å². The highest BCUT2D eigenvalue weighted by Crippen LogP contribution is 2.27. The van der Waals surface area contributed by atoms with Crippen LogP contribution in [0.25, 0.3) is 0 Å². The molecule has 1 aliphatic rings. The number of ether oxygens (including phenoxy) is 2. The molecular weight excluding hydrogens is 413 g/mol. The number of hydrogen-bond acceptors (Lipinski definition) is 4. The molecule has 1 saturated heterocycles. The van der Waals surface area contributed by atoms with Crippen LogP contribution in [-0.4, -0.2) is 36.5 Å². The fraction of sp³-hybridized carbons (Fsp3) is 0.364. The van der Waals surface area contributed by atoms with Crippen LogP contribution in [0, 0.1) is 0 Å². The van der Waals surface area contributed by atoms with Crippen LogP contribution in [0.1, 0.15) is 30.4 Å². The molecule has 1 atom stereocenters. The maximum absolute atomic E-state index is 12.4. The number of aryl methyl sites for hydroxylation is 1. The number of amides is 1. The third-order valence-corrected chi connectivity index (χ3v) is 5.36. The molecule has 2 aromatic rings. The quantitative estimate of drug-likeness (QED) is 0.565. The second kappa shape index (κ2) is 9.99. The van der Waals surface area contributed by atoms with Crippen molar-refractivity contribution in [3.8, 4) is 5.75 Å². The van der Waals surface area contributed by atoms with Crippen LogP contribution in [0.5, 0.6) is 5.75 Å². The summed E-state index contributed by atoms with van der Waals surface area (Å²) in [5.74, 6) is 0.470. The summed E-state index contributed by atoms with van der Waals surface area (Å²) in [7, 11) is 1.39. The summed E-state index contributed by atoms with van der Waals surface area (Å²) in [6, 6.07) is 13.0. The number of methoxy groups -OCH3 is 1. The maximum atomic E-state index is 12.4. The summed E-state index contributed by atoms with van der Waals surface area (Å²) in [6.45, 7) is 0.889. The van der Waals surface area contributed by atoms with Gasteiger partial charge in [0.25, 0.3) is 0 Å². The first kappa shape index (κ1) is 21.5. The number of esters is 1. The standard InChI is InChI=1S/C22H23Cl2NO4/c1-28-22(27)8-5-15-3-2-4-16(9-15)13-25-19(6-7-21(25)26)14-29-20-11-17(23)10-18(24)12-20/h2-4,9-12,19H,5-8,13-14H2,1H3/t19-/m1/s1. The molecule has 0 aromatic heterocycles. The lowest BCUT2D eigenvalue weighted by Gasteiger charge is -2.25. The lowest BCUT2D eigenvalue weighted by atomic mass is 10.1. The molecule has 5 nitrogen and oxygen atoms in total. The molecule has 1 aliphatic heterocycles. The van der Waals surface area contributed by atoms with Gasteiger partial charge in [-0.1, -0.05) is 47.5 Å². The van der Waals surface area contributed by atoms with Crippen molar-refractivity contribution >= 4 is 35.1 Å². The Morgan fingerprint density at radius 2 is 1.86 bits per heavy atom. The van der Waals surface area contributed by atoms with Gasteiger partial charge in [-0.2, -0.15) is 0 Å². The molecule has 0 N–H and O–H groups in total. The summed E-state index contributed by atoms with van der Waals surface area (Å²) >= 11 is 12.0. The van der Waals surface area contributed by atoms with E-state index in [1.54, 1.807) is 18.2 Å². The van der Waals surface area contributed by atoms with Gasteiger partial charge in [0.2, 0.25) is 5.91 Å². The van der Waals surface area contributed by atoms with Gasteiger partial charge in [0.05, 0.1) is 13.2 Å². The normalized spacial score (nSPS) is 16.2. The number of carbonyl (C=O) groups excluding carboxylic acids is 2. The highest BCUT2D eigenvalue weighted by Gasteiger charge is 2.31. The van der Waals surface area contributed by atoms with Crippen molar-refractivity contribution in [3.05, 3.63) is 63.6 Å². The maximum Gasteiger partial charge on any atom is 0.305 e. The second-order valence-corrected chi connectivity index (χ2v) is 7.90. The van der Waals surface area contributed by atoms with E-state index >= 15 is 0 Å². The number of rotatable bonds is 8. The lowest BCUT2D eigenvalue weighted by Crippen LogP contribution is -2.36. The first-order valence-electron chi connectivity index (χ1n) is 9.47. The Bertz CT molecular complexity index is 867. The molecule has 0 unspecified atom stereocenters. The summed E-state index contributed by atoms with van der Waals surface area (Å²) in [6.07, 6.45) is 2.19. The lowest BCUT2D eigenvalue weighted by molar-refractivity contribution is -0.140. The minimum absolute atomic E-state index is 0.0148. The molecule has 2 aromatic carbocycles. The topological polar surface area (TPSA) is 55.8 Å². The Hall–Kier alpha value is -2.24. The monoisotopic (exact) mass is 435 g/mol. The van der Waals surface area contributed by atoms with Crippen LogP contribution in [0.2, 0.25) is 10.0 Å². The Morgan fingerprint density at radius 1 is 1.14 bits per heavy atom. The largest absolute Gasteiger partial charge is 0.491 e. The number of benzene rings is 2. The molecule has 0 spiro atoms. The van der Waals surface area contributed by atoms with E-state index in [1.807, 2.05) is 29.2 Å². The number of halogens is 2. The van der Waals surface area contributed by atoms with E-state index < -0.39 is 0 Å². The molecule has 1 heterocycles. The van der Waals surface area contributed by atoms with Gasteiger partial charge in [0, 0.05) is 29.4 Å². The third kappa shape index (κ3) is 6.12. The van der Waals surface area contributed by atoms with Crippen LogP contribution < -0.4 is 4.74 Å². The minimum atomic E-state index is -0.233. The van der Waals surface area contributed by atoms with Crippen LogP contribution in [0.4, 0.5) is 0 Å². The zero-order valence-electron chi connectivity index (χ0n) is 16.2. The van der Waals surface area contributed by atoms with Crippen molar-refractivity contribution in [2.24, 2.45) is 0 Å². The van der Waals surface area contributed by atoms with Crippen molar-refractivity contribution in [2.75, 3.05) is 13.7 Å². The van der Waals surface area contributed by atoms with E-state index in [2.05, 4.69) is 0 Å². The molecule has 0 aliphatic carbocycles. The van der Waals surface area contributed by atoms with Crippen molar-refractivity contribution in [1.82, 2.24) is 4.90 Å². The van der Waals surface area contributed by atoms with Gasteiger partial charge in [0.15, 0.2) is 0 Å². The van der Waals surface area contributed by atoms with Gasteiger partial charge in [-0.05, 0) is 42.2 Å². The van der Waals surface area contributed by atoms with Gasteiger partial charge in [0.1, 0.15) is 12.4 Å². The average Bonchev–Trinajstić information content (AvgIpc) is 3.03. The fourth-order valence-corrected chi connectivity index (χ4v) is 3.92. The van der Waals surface area contributed by atoms with Gasteiger partial charge in [-0.25, -0.2) is 0 Å². The molecule has 29 heavy (non-hydrogen) atoms. The van der Waals surface area contributed by atoms with E-state index in [1.165, 1.54) is 7.11 Å². The van der Waals surface area contributed by atoms with Gasteiger partial charge in [-0.3, -0.25) is 9.59 Å². The molecule has 7 heteroatoms. The Kier molecular flexibility index (Phi) is 7.40. The smallest absolute Gasteiger partial charge is 0.305 e. The number of likely N-dealkylation sites (tertiary alicyclic amines) is 1. The zero-order valence-corrected chi connectivity index (χ0v) is 17.7. The molecule has 154 valence electrons. The van der Waals surface area contributed by atoms with Gasteiger partial charge < -0.3 is 14.4 Å². The Labute approximate surface area is 180 Å². The highest BCUT2D eigenvalue weighted by molar-refractivity contribution is 6.34. The second-order valence-electron chi connectivity index (χ2n) is 7.03. The number of carbonyl (C=O) groups is 2. The minimum Gasteiger partial charge on any atom is -0.491 e. The first-order chi connectivity index (χ1) is 13.9. The predicted molar refractivity (Wildman–Crippen MR) is 112 cm³/mol. The van der Waals surface area contributed by atoms with E-state index in [4.69, 9.17) is 32.7 Å². The van der Waals surface area contributed by atoms with Crippen LogP contribution in [0.15, 0.2) is 42.5 Å². The molecule has 0 radical (unpaired) electrons. The first-order valence-corrected chi connectivity index (χ1v) is 10.2. The summed E-state index contributed by atoms with van der Waals surface area (Å²) in [4.78, 5) is 25.6. The highest BCUT2D eigenvalue weighted by atomic mass is 35.5. The Morgan fingerprint density at radius 3 is 2.59 bits per heavy atom. The van der Waals surface area contributed by atoms with Crippen LogP contribution >= 0.6 is 23.2 Å². The van der Waals surface area contributed by atoms with E-state index in [0.29, 0.717) is 48.2 Å². The molecule has 1 fully saturated rings. The zero-order chi connectivity index (χ0) is 20.8. The van der Waals surface area contributed by atoms with E-state index in [9.17, 15) is 9.59 Å². The summed E-state index contributed by atoms with van der Waals surface area (Å²) < 4.78 is 10.5. The van der Waals surface area contributed by atoms with Crippen molar-refractivity contribution in [1.29, 1.82) is 0 Å². The van der Waals surface area contributed by atoms with Gasteiger partial charge >= 0.3 is 5.97 Å². The molecule has 0 bridgehead atoms. The summed E-state index contributed by atoms with van der Waals surface area (Å²) in [5, 5.41) is 1.02. The SMILES string of the molecule is COC(=O)CCc1cccc(CN2C(=O)CC[C@@H]2COc2cc(Cl)cc(Cl)c2)c1. The van der Waals surface area contributed by atoms with Gasteiger partial charge in [-0.15, -0.1) is 0 Å². The molecular formula is C22H23Cl2NO4. The molecule has 3 rings (SSSR count). The third-order valence-electron chi connectivity index (χ3n) is 4.92. The van der Waals surface area contributed by atoms with E-state index in [0.717, 1.165) is 17.5 Å². The molecule has 1 amide bonds. The Balaban J connectivity index is 1.62. The molecule has 0 saturated carbocycles. The van der Waals surface area contributed by atoms with Crippen molar-refractivity contribution in [2.45, 2.75) is 38.3 Å². The fourth-order valence-electron chi connectivity index (χ4n) is 3.42. The average molecular weight is 436 g/mol.